The second kappa shape index (κ2) is 23.0. The molecule has 508 valence electrons. The van der Waals surface area contributed by atoms with E-state index in [1.54, 1.807) is 0 Å². The summed E-state index contributed by atoms with van der Waals surface area (Å²) in [7, 11) is 0. The Balaban J connectivity index is 0.505. The summed E-state index contributed by atoms with van der Waals surface area (Å²) in [5.74, 6) is 0. The summed E-state index contributed by atoms with van der Waals surface area (Å²) in [5, 5.41) is 3.87. The Morgan fingerprint density at radius 3 is 1.17 bits per heavy atom. The number of nitrogens with zero attached hydrogens (tertiary/aromatic N) is 2. The maximum absolute atomic E-state index is 2.62. The summed E-state index contributed by atoms with van der Waals surface area (Å²) in [4.78, 5) is 0. The summed E-state index contributed by atoms with van der Waals surface area (Å²) in [6.07, 6.45) is 23.5. The molecule has 0 unspecified atom stereocenters. The van der Waals surface area contributed by atoms with Gasteiger partial charge in [-0.2, -0.15) is 0 Å². The number of rotatable bonds is 9. The largest absolute Gasteiger partial charge is 0.313 e. The van der Waals surface area contributed by atoms with Crippen LogP contribution in [0.15, 0.2) is 285 Å². The minimum Gasteiger partial charge on any atom is -0.313 e. The molecule has 13 aromatic carbocycles. The lowest BCUT2D eigenvalue weighted by atomic mass is 9.75. The van der Waals surface area contributed by atoms with E-state index in [0.717, 1.165) is 12.8 Å². The van der Waals surface area contributed by atoms with Crippen molar-refractivity contribution in [2.45, 2.75) is 114 Å². The van der Waals surface area contributed by atoms with Crippen molar-refractivity contribution in [1.82, 2.24) is 9.13 Å². The molecule has 7 aliphatic rings. The number of aromatic nitrogens is 2. The summed E-state index contributed by atoms with van der Waals surface area (Å²) < 4.78 is 5.01. The topological polar surface area (TPSA) is 9.86 Å². The molecular formula is C104H82N2. The number of allylic oxidation sites excluding steroid dienone is 2. The quantitative estimate of drug-likeness (QED) is 0.128. The predicted octanol–water partition coefficient (Wildman–Crippen LogP) is 27.2. The summed E-state index contributed by atoms with van der Waals surface area (Å²) >= 11 is 0. The molecule has 0 radical (unpaired) electrons. The molecule has 0 amide bonds. The Hall–Kier alpha value is -11.6. The molecule has 0 N–H and O–H groups in total. The minimum absolute atomic E-state index is 0.0279. The first-order chi connectivity index (χ1) is 52.0. The van der Waals surface area contributed by atoms with Crippen LogP contribution in [0, 0.1) is 0 Å². The molecule has 2 spiro atoms. The standard InChI is InChI=1S/C104H82N2/c1-101(2)89-21-9-5-17-77(89)79-49-43-75(63-91(79)101)105-97-23-11-7-19-85(97)87-57-67(33-51-99(87)105)27-25-65-29-35-69(36-30-65)71-39-45-81-83-47-41-73(61-95(83)103(93(81)59-71)53-13-14-54-103)74-42-48-84-82-46-40-72(60-94(82)104(96(84)62-74)55-15-16-56-104)70-37-31-66(32-38-70)26-28-68-34-52-100-88(58-68)86-20-8-12-24-98(86)106(100)76-44-50-80-78-18-6-10-22-90(78)102(3,4)92(80)64-76/h5-12,17-33,35-51,57-64H,13-16,34,52-56H2,1-4H3/b27-25+,28-26+. The van der Waals surface area contributed by atoms with Gasteiger partial charge in [0.2, 0.25) is 0 Å². The molecule has 22 rings (SSSR count). The Morgan fingerprint density at radius 2 is 0.651 bits per heavy atom. The molecule has 15 aromatic rings. The van der Waals surface area contributed by atoms with Crippen molar-refractivity contribution in [3.8, 4) is 89.3 Å². The van der Waals surface area contributed by atoms with Crippen LogP contribution in [-0.4, -0.2) is 9.13 Å². The third-order valence-corrected chi connectivity index (χ3v) is 26.8. The van der Waals surface area contributed by atoms with E-state index in [4.69, 9.17) is 0 Å². The molecule has 0 bridgehead atoms. The molecule has 106 heavy (non-hydrogen) atoms. The fraction of sp³-hybridized carbons (Fsp3) is 0.173. The highest BCUT2D eigenvalue weighted by Gasteiger charge is 2.48. The third-order valence-electron chi connectivity index (χ3n) is 26.8. The maximum Gasteiger partial charge on any atom is 0.0541 e. The van der Waals surface area contributed by atoms with Gasteiger partial charge >= 0.3 is 0 Å². The van der Waals surface area contributed by atoms with Gasteiger partial charge in [-0.1, -0.05) is 278 Å². The van der Waals surface area contributed by atoms with E-state index in [1.807, 2.05) is 0 Å². The summed E-state index contributed by atoms with van der Waals surface area (Å²) in [5.41, 5.74) is 44.7. The fourth-order valence-electron chi connectivity index (χ4n) is 21.4. The van der Waals surface area contributed by atoms with E-state index >= 15 is 0 Å². The van der Waals surface area contributed by atoms with Gasteiger partial charge in [-0.05, 0) is 262 Å². The van der Waals surface area contributed by atoms with Crippen molar-refractivity contribution >= 4 is 57.0 Å². The second-order valence-electron chi connectivity index (χ2n) is 32.9. The van der Waals surface area contributed by atoms with E-state index in [0.29, 0.717) is 0 Å². The summed E-state index contributed by atoms with van der Waals surface area (Å²) in [6, 6.07) is 105. The molecule has 0 atom stereocenters. The number of hydrogen-bond acceptors (Lipinski definition) is 0. The van der Waals surface area contributed by atoms with Crippen molar-refractivity contribution in [2.24, 2.45) is 0 Å². The molecule has 2 heterocycles. The Labute approximate surface area is 622 Å². The molecule has 2 saturated carbocycles. The van der Waals surface area contributed by atoms with Crippen LogP contribution < -0.4 is 0 Å². The third kappa shape index (κ3) is 9.03. The van der Waals surface area contributed by atoms with Gasteiger partial charge in [0, 0.05) is 60.5 Å². The van der Waals surface area contributed by atoms with Gasteiger partial charge in [0.1, 0.15) is 0 Å². The Kier molecular flexibility index (Phi) is 13.4. The van der Waals surface area contributed by atoms with Gasteiger partial charge in [-0.25, -0.2) is 0 Å². The number of hydrogen-bond donors (Lipinski definition) is 0. The predicted molar refractivity (Wildman–Crippen MR) is 446 cm³/mol. The molecule has 2 fully saturated rings. The Bertz CT molecular complexity index is 6370. The highest BCUT2D eigenvalue weighted by Crippen LogP contribution is 2.61. The van der Waals surface area contributed by atoms with E-state index < -0.39 is 0 Å². The number of fused-ring (bicyclic) bond motifs is 22. The van der Waals surface area contributed by atoms with Gasteiger partial charge in [0.05, 0.1) is 16.6 Å². The molecule has 2 heteroatoms. The lowest BCUT2D eigenvalue weighted by molar-refractivity contribution is 0.549. The van der Waals surface area contributed by atoms with Crippen LogP contribution >= 0.6 is 0 Å². The van der Waals surface area contributed by atoms with Crippen LogP contribution in [0.25, 0.3) is 146 Å². The Morgan fingerprint density at radius 1 is 0.274 bits per heavy atom. The van der Waals surface area contributed by atoms with E-state index in [2.05, 4.69) is 340 Å². The van der Waals surface area contributed by atoms with E-state index in [-0.39, 0.29) is 21.7 Å². The van der Waals surface area contributed by atoms with Gasteiger partial charge in [0.25, 0.3) is 0 Å². The van der Waals surface area contributed by atoms with Crippen LogP contribution in [-0.2, 0) is 28.1 Å². The zero-order valence-electron chi connectivity index (χ0n) is 60.8. The first-order valence-electron chi connectivity index (χ1n) is 39.0. The van der Waals surface area contributed by atoms with Gasteiger partial charge in [-0.3, -0.25) is 0 Å². The molecular weight excluding hydrogens is 1280 g/mol. The molecule has 0 saturated heterocycles. The van der Waals surface area contributed by atoms with Crippen LogP contribution in [0.2, 0.25) is 0 Å². The highest BCUT2D eigenvalue weighted by molar-refractivity contribution is 6.10. The van der Waals surface area contributed by atoms with Crippen molar-refractivity contribution in [2.75, 3.05) is 0 Å². The average molecular weight is 1360 g/mol. The zero-order valence-corrected chi connectivity index (χ0v) is 60.8. The van der Waals surface area contributed by atoms with Crippen molar-refractivity contribution in [3.05, 3.63) is 357 Å². The van der Waals surface area contributed by atoms with E-state index in [9.17, 15) is 0 Å². The smallest absolute Gasteiger partial charge is 0.0541 e. The maximum atomic E-state index is 2.62. The van der Waals surface area contributed by atoms with Crippen LogP contribution in [0.3, 0.4) is 0 Å². The molecule has 2 aromatic heterocycles. The normalized spacial score (nSPS) is 16.8. The minimum atomic E-state index is -0.0640. The van der Waals surface area contributed by atoms with Gasteiger partial charge < -0.3 is 9.13 Å². The SMILES string of the molecule is CC1(C)c2ccccc2-c2ccc(-n3c4c(c5ccccc53)C=C(/C=C/c3ccc(-c5ccc6c(c5)C5(CCCC5)c5cc(-c7ccc8c(c7)C7(CCCC7)c7cc(-c9ccc(/C=C/c%10ccc%11c(c%10)c%10ccccc%10n%11-c%10ccc%11c(c%10)C(C)(C)c%10ccccc%10-%11)cc9)ccc7-8)ccc5-6)cc3)CC4)cc21. The first kappa shape index (κ1) is 61.9. The number of benzene rings is 13. The van der Waals surface area contributed by atoms with Gasteiger partial charge in [-0.15, -0.1) is 0 Å². The second-order valence-corrected chi connectivity index (χ2v) is 32.9. The summed E-state index contributed by atoms with van der Waals surface area (Å²) in [6.45, 7) is 9.50. The van der Waals surface area contributed by atoms with Crippen LogP contribution in [0.4, 0.5) is 0 Å². The van der Waals surface area contributed by atoms with Crippen molar-refractivity contribution in [1.29, 1.82) is 0 Å². The molecule has 2 nitrogen and oxygen atoms in total. The monoisotopic (exact) mass is 1360 g/mol. The van der Waals surface area contributed by atoms with Crippen LogP contribution in [0.5, 0.6) is 0 Å². The van der Waals surface area contributed by atoms with Crippen molar-refractivity contribution in [3.63, 3.8) is 0 Å². The van der Waals surface area contributed by atoms with E-state index in [1.165, 1.54) is 251 Å². The highest BCUT2D eigenvalue weighted by atomic mass is 15.0. The van der Waals surface area contributed by atoms with Crippen molar-refractivity contribution < 1.29 is 0 Å². The first-order valence-corrected chi connectivity index (χ1v) is 39.0. The zero-order chi connectivity index (χ0) is 70.4. The fourth-order valence-corrected chi connectivity index (χ4v) is 21.4. The average Bonchev–Trinajstić information content (AvgIpc) is 1.57. The lowest BCUT2D eigenvalue weighted by Crippen LogP contribution is -2.21. The van der Waals surface area contributed by atoms with Crippen LogP contribution in [0.1, 0.15) is 158 Å². The molecule has 0 aliphatic heterocycles. The van der Waals surface area contributed by atoms with Gasteiger partial charge in [0.15, 0.2) is 0 Å². The number of para-hydroxylation sites is 2. The lowest BCUT2D eigenvalue weighted by Gasteiger charge is -2.28. The molecule has 7 aliphatic carbocycles.